The maximum Gasteiger partial charge on any atom is 0.339 e. The molecule has 0 spiro atoms. The van der Waals surface area contributed by atoms with E-state index >= 15 is 0 Å². The molecule has 0 atom stereocenters. The van der Waals surface area contributed by atoms with Crippen LogP contribution in [0.3, 0.4) is 0 Å². The normalized spacial score (nSPS) is 15.2. The van der Waals surface area contributed by atoms with Crippen molar-refractivity contribution in [2.75, 3.05) is 58.8 Å². The van der Waals surface area contributed by atoms with Gasteiger partial charge in [-0.05, 0) is 31.2 Å². The molecule has 8 heteroatoms. The molecule has 1 aliphatic rings. The van der Waals surface area contributed by atoms with Gasteiger partial charge in [-0.15, -0.1) is 0 Å². The second-order valence-electron chi connectivity index (χ2n) is 6.41. The first-order valence-electron chi connectivity index (χ1n) is 9.03. The molecule has 1 aliphatic heterocycles. The Balaban J connectivity index is 2.05. The molecular formula is C19H27N3O5. The molecule has 0 aromatic heterocycles. The number of nitrogens with zero attached hydrogens (tertiary/aromatic N) is 2. The highest BCUT2D eigenvalue weighted by atomic mass is 16.5. The molecule has 1 heterocycles. The zero-order valence-corrected chi connectivity index (χ0v) is 16.1. The van der Waals surface area contributed by atoms with Crippen molar-refractivity contribution < 1.29 is 23.9 Å². The Morgan fingerprint density at radius 3 is 2.22 bits per heavy atom. The van der Waals surface area contributed by atoms with Gasteiger partial charge in [-0.2, -0.15) is 0 Å². The van der Waals surface area contributed by atoms with Crippen molar-refractivity contribution in [2.45, 2.75) is 13.3 Å². The standard InChI is InChI=1S/C19H27N3O5/c1-4-7-21-8-10-22(11-9-21)13-17(23)20-16-12-14(18(24)26-2)5-6-15(16)19(25)27-3/h5-6,12H,4,7-11,13H2,1-3H3,(H,20,23). The number of esters is 2. The van der Waals surface area contributed by atoms with Gasteiger partial charge in [-0.25, -0.2) is 9.59 Å². The third kappa shape index (κ3) is 5.77. The van der Waals surface area contributed by atoms with Crippen LogP contribution in [0.15, 0.2) is 18.2 Å². The van der Waals surface area contributed by atoms with Crippen LogP contribution in [-0.4, -0.2) is 81.1 Å². The van der Waals surface area contributed by atoms with Gasteiger partial charge in [0.05, 0.1) is 37.6 Å². The number of amides is 1. The number of methoxy groups -OCH3 is 2. The Labute approximate surface area is 159 Å². The average molecular weight is 377 g/mol. The van der Waals surface area contributed by atoms with E-state index in [1.165, 1.54) is 32.4 Å². The number of carbonyl (C=O) groups excluding carboxylic acids is 3. The van der Waals surface area contributed by atoms with E-state index in [2.05, 4.69) is 22.0 Å². The van der Waals surface area contributed by atoms with Gasteiger partial charge in [0.15, 0.2) is 0 Å². The summed E-state index contributed by atoms with van der Waals surface area (Å²) in [7, 11) is 2.53. The van der Waals surface area contributed by atoms with Crippen LogP contribution in [0.2, 0.25) is 0 Å². The van der Waals surface area contributed by atoms with Gasteiger partial charge in [0.25, 0.3) is 0 Å². The van der Waals surface area contributed by atoms with E-state index in [9.17, 15) is 14.4 Å². The molecule has 1 N–H and O–H groups in total. The first-order chi connectivity index (χ1) is 13.0. The smallest absolute Gasteiger partial charge is 0.339 e. The molecule has 27 heavy (non-hydrogen) atoms. The van der Waals surface area contributed by atoms with Gasteiger partial charge in [0.2, 0.25) is 5.91 Å². The number of hydrogen-bond acceptors (Lipinski definition) is 7. The Morgan fingerprint density at radius 1 is 1.00 bits per heavy atom. The van der Waals surface area contributed by atoms with Crippen LogP contribution in [0.5, 0.6) is 0 Å². The predicted octanol–water partition coefficient (Wildman–Crippen LogP) is 1.23. The van der Waals surface area contributed by atoms with E-state index in [1.54, 1.807) is 0 Å². The summed E-state index contributed by atoms with van der Waals surface area (Å²) in [4.78, 5) is 40.6. The minimum absolute atomic E-state index is 0.186. The van der Waals surface area contributed by atoms with E-state index in [-0.39, 0.29) is 29.3 Å². The molecule has 1 saturated heterocycles. The summed E-state index contributed by atoms with van der Waals surface area (Å²) < 4.78 is 9.44. The van der Waals surface area contributed by atoms with Gasteiger partial charge in [-0.3, -0.25) is 9.69 Å². The lowest BCUT2D eigenvalue weighted by molar-refractivity contribution is -0.117. The number of benzene rings is 1. The third-order valence-electron chi connectivity index (χ3n) is 4.49. The fourth-order valence-electron chi connectivity index (χ4n) is 3.06. The first-order valence-corrected chi connectivity index (χ1v) is 9.03. The lowest BCUT2D eigenvalue weighted by Gasteiger charge is -2.34. The van der Waals surface area contributed by atoms with Crippen LogP contribution in [0.4, 0.5) is 5.69 Å². The first kappa shape index (κ1) is 20.9. The Hall–Kier alpha value is -2.45. The number of hydrogen-bond donors (Lipinski definition) is 1. The second kappa shape index (κ2) is 10.0. The van der Waals surface area contributed by atoms with E-state index in [0.717, 1.165) is 39.1 Å². The SMILES string of the molecule is CCCN1CCN(CC(=O)Nc2cc(C(=O)OC)ccc2C(=O)OC)CC1. The van der Waals surface area contributed by atoms with E-state index < -0.39 is 11.9 Å². The number of piperazine rings is 1. The molecule has 1 amide bonds. The van der Waals surface area contributed by atoms with Crippen molar-refractivity contribution in [2.24, 2.45) is 0 Å². The van der Waals surface area contributed by atoms with E-state index in [4.69, 9.17) is 9.47 Å². The summed E-state index contributed by atoms with van der Waals surface area (Å²) in [6.45, 7) is 6.96. The van der Waals surface area contributed by atoms with Crippen molar-refractivity contribution in [3.05, 3.63) is 29.3 Å². The molecule has 0 bridgehead atoms. The van der Waals surface area contributed by atoms with E-state index in [0.29, 0.717) is 0 Å². The molecule has 8 nitrogen and oxygen atoms in total. The summed E-state index contributed by atoms with van der Waals surface area (Å²) in [5.74, 6) is -1.38. The van der Waals surface area contributed by atoms with Crippen molar-refractivity contribution in [3.8, 4) is 0 Å². The van der Waals surface area contributed by atoms with Gasteiger partial charge >= 0.3 is 11.9 Å². The zero-order valence-electron chi connectivity index (χ0n) is 16.1. The van der Waals surface area contributed by atoms with Crippen molar-refractivity contribution in [1.82, 2.24) is 9.80 Å². The summed E-state index contributed by atoms with van der Waals surface area (Å²) in [6.07, 6.45) is 1.12. The molecule has 2 rings (SSSR count). The maximum absolute atomic E-state index is 12.5. The molecule has 0 aliphatic carbocycles. The zero-order chi connectivity index (χ0) is 19.8. The largest absolute Gasteiger partial charge is 0.465 e. The Bertz CT molecular complexity index is 684. The molecule has 0 radical (unpaired) electrons. The summed E-state index contributed by atoms with van der Waals surface area (Å²) in [5, 5.41) is 2.73. The lowest BCUT2D eigenvalue weighted by Crippen LogP contribution is -2.48. The minimum atomic E-state index is -0.588. The number of rotatable bonds is 7. The molecular weight excluding hydrogens is 350 g/mol. The highest BCUT2D eigenvalue weighted by Crippen LogP contribution is 2.20. The van der Waals surface area contributed by atoms with Gasteiger partial charge in [-0.1, -0.05) is 6.92 Å². The highest BCUT2D eigenvalue weighted by Gasteiger charge is 2.21. The number of ether oxygens (including phenoxy) is 2. The monoisotopic (exact) mass is 377 g/mol. The van der Waals surface area contributed by atoms with E-state index in [1.807, 2.05) is 0 Å². The van der Waals surface area contributed by atoms with Crippen molar-refractivity contribution >= 4 is 23.5 Å². The maximum atomic E-state index is 12.5. The van der Waals surface area contributed by atoms with Crippen LogP contribution in [0.1, 0.15) is 34.1 Å². The Morgan fingerprint density at radius 2 is 1.63 bits per heavy atom. The van der Waals surface area contributed by atoms with Gasteiger partial charge in [0, 0.05) is 26.2 Å². The Kier molecular flexibility index (Phi) is 7.75. The van der Waals surface area contributed by atoms with Gasteiger partial charge < -0.3 is 19.7 Å². The summed E-state index contributed by atoms with van der Waals surface area (Å²) >= 11 is 0. The summed E-state index contributed by atoms with van der Waals surface area (Å²) in [6, 6.07) is 4.33. The van der Waals surface area contributed by atoms with Crippen LogP contribution >= 0.6 is 0 Å². The quantitative estimate of drug-likeness (QED) is 0.715. The average Bonchev–Trinajstić information content (AvgIpc) is 2.68. The number of nitrogens with one attached hydrogen (secondary N) is 1. The number of anilines is 1. The molecule has 148 valence electrons. The van der Waals surface area contributed by atoms with Crippen molar-refractivity contribution in [3.63, 3.8) is 0 Å². The predicted molar refractivity (Wildman–Crippen MR) is 101 cm³/mol. The van der Waals surface area contributed by atoms with Crippen LogP contribution < -0.4 is 5.32 Å². The topological polar surface area (TPSA) is 88.2 Å². The fraction of sp³-hybridized carbons (Fsp3) is 0.526. The molecule has 1 aromatic carbocycles. The lowest BCUT2D eigenvalue weighted by atomic mass is 10.1. The second-order valence-corrected chi connectivity index (χ2v) is 6.41. The summed E-state index contributed by atoms with van der Waals surface area (Å²) in [5.41, 5.74) is 0.666. The van der Waals surface area contributed by atoms with Crippen LogP contribution in [-0.2, 0) is 14.3 Å². The van der Waals surface area contributed by atoms with Crippen LogP contribution in [0, 0.1) is 0 Å². The minimum Gasteiger partial charge on any atom is -0.465 e. The van der Waals surface area contributed by atoms with Gasteiger partial charge in [0.1, 0.15) is 0 Å². The third-order valence-corrected chi connectivity index (χ3v) is 4.49. The van der Waals surface area contributed by atoms with Crippen LogP contribution in [0.25, 0.3) is 0 Å². The molecule has 1 aromatic rings. The number of carbonyl (C=O) groups is 3. The highest BCUT2D eigenvalue weighted by molar-refractivity contribution is 6.03. The molecule has 0 unspecified atom stereocenters. The molecule has 1 fully saturated rings. The van der Waals surface area contributed by atoms with Crippen molar-refractivity contribution in [1.29, 1.82) is 0 Å². The fourth-order valence-corrected chi connectivity index (χ4v) is 3.06. The molecule has 0 saturated carbocycles.